The molecule has 3 rings (SSSR count). The predicted octanol–water partition coefficient (Wildman–Crippen LogP) is 2.25. The number of fused-ring (bicyclic) bond motifs is 1. The molecule has 0 bridgehead atoms. The van der Waals surface area contributed by atoms with E-state index in [1.807, 2.05) is 30.3 Å². The normalized spacial score (nSPS) is 10.7. The zero-order valence-electron chi connectivity index (χ0n) is 11.4. The lowest BCUT2D eigenvalue weighted by molar-refractivity contribution is 0.0693. The third-order valence-electron chi connectivity index (χ3n) is 3.24. The first-order chi connectivity index (χ1) is 10.1. The van der Waals surface area contributed by atoms with Crippen LogP contribution in [0.4, 0.5) is 0 Å². The molecule has 6 nitrogen and oxygen atoms in total. The number of nitrogens with zero attached hydrogens (tertiary/aromatic N) is 3. The molecule has 0 amide bonds. The van der Waals surface area contributed by atoms with Gasteiger partial charge in [-0.1, -0.05) is 6.07 Å². The van der Waals surface area contributed by atoms with Gasteiger partial charge in [0.2, 0.25) is 0 Å². The van der Waals surface area contributed by atoms with Crippen molar-refractivity contribution in [3.63, 3.8) is 0 Å². The maximum Gasteiger partial charge on any atom is 0.339 e. The number of carboxylic acids is 1. The Morgan fingerprint density at radius 3 is 3.05 bits per heavy atom. The molecule has 0 saturated carbocycles. The van der Waals surface area contributed by atoms with Gasteiger partial charge >= 0.3 is 5.97 Å². The van der Waals surface area contributed by atoms with Gasteiger partial charge in [0, 0.05) is 24.7 Å². The molecule has 2 heterocycles. The van der Waals surface area contributed by atoms with E-state index < -0.39 is 5.97 Å². The van der Waals surface area contributed by atoms with Crippen LogP contribution in [0.15, 0.2) is 42.7 Å². The van der Waals surface area contributed by atoms with Gasteiger partial charge in [-0.25, -0.2) is 4.79 Å². The first-order valence-corrected chi connectivity index (χ1v) is 6.37. The van der Waals surface area contributed by atoms with Crippen LogP contribution in [0.2, 0.25) is 0 Å². The van der Waals surface area contributed by atoms with Crippen molar-refractivity contribution in [3.05, 3.63) is 54.0 Å². The van der Waals surface area contributed by atoms with Crippen LogP contribution in [0, 0.1) is 0 Å². The first kappa shape index (κ1) is 13.1. The minimum absolute atomic E-state index is 0.135. The Hall–Kier alpha value is -2.89. The van der Waals surface area contributed by atoms with Crippen LogP contribution in [0.5, 0.6) is 5.75 Å². The average molecular weight is 283 g/mol. The van der Waals surface area contributed by atoms with Crippen LogP contribution in [0.1, 0.15) is 16.1 Å². The summed E-state index contributed by atoms with van der Waals surface area (Å²) in [7, 11) is 1.69. The van der Waals surface area contributed by atoms with Gasteiger partial charge in [-0.15, -0.1) is 0 Å². The van der Waals surface area contributed by atoms with Crippen LogP contribution in [-0.2, 0) is 13.7 Å². The molecule has 0 aliphatic heterocycles. The zero-order chi connectivity index (χ0) is 14.8. The van der Waals surface area contributed by atoms with Crippen molar-refractivity contribution >= 4 is 16.9 Å². The van der Waals surface area contributed by atoms with E-state index in [0.29, 0.717) is 11.4 Å². The number of carbonyl (C=O) groups is 1. The van der Waals surface area contributed by atoms with Crippen molar-refractivity contribution in [1.29, 1.82) is 0 Å². The summed E-state index contributed by atoms with van der Waals surface area (Å²) in [5.41, 5.74) is 1.50. The fourth-order valence-corrected chi connectivity index (χ4v) is 2.10. The number of aromatic carboxylic acids is 1. The molecule has 6 heteroatoms. The fourth-order valence-electron chi connectivity index (χ4n) is 2.10. The summed E-state index contributed by atoms with van der Waals surface area (Å²) in [6.07, 6.45) is 3.04. The van der Waals surface area contributed by atoms with Crippen molar-refractivity contribution < 1.29 is 14.6 Å². The number of ether oxygens (including phenoxy) is 1. The Labute approximate surface area is 120 Å². The molecule has 0 unspecified atom stereocenters. The van der Waals surface area contributed by atoms with E-state index in [4.69, 9.17) is 9.84 Å². The second-order valence-electron chi connectivity index (χ2n) is 4.58. The average Bonchev–Trinajstić information content (AvgIpc) is 2.86. The quantitative estimate of drug-likeness (QED) is 0.794. The van der Waals surface area contributed by atoms with Gasteiger partial charge < -0.3 is 9.84 Å². The van der Waals surface area contributed by atoms with E-state index in [1.165, 1.54) is 10.9 Å². The molecule has 0 fully saturated rings. The summed E-state index contributed by atoms with van der Waals surface area (Å²) < 4.78 is 7.17. The van der Waals surface area contributed by atoms with Gasteiger partial charge in [-0.3, -0.25) is 9.67 Å². The molecule has 1 N–H and O–H groups in total. The summed E-state index contributed by atoms with van der Waals surface area (Å²) in [6.45, 7) is 0.135. The minimum atomic E-state index is -1.01. The van der Waals surface area contributed by atoms with Gasteiger partial charge in [-0.2, -0.15) is 5.10 Å². The number of aryl methyl sites for hydroxylation is 1. The summed E-state index contributed by atoms with van der Waals surface area (Å²) in [6, 6.07) is 9.42. The van der Waals surface area contributed by atoms with Crippen molar-refractivity contribution in [2.75, 3.05) is 0 Å². The third kappa shape index (κ3) is 2.55. The Kier molecular flexibility index (Phi) is 3.27. The van der Waals surface area contributed by atoms with Crippen LogP contribution < -0.4 is 4.74 Å². The van der Waals surface area contributed by atoms with Gasteiger partial charge in [0.25, 0.3) is 0 Å². The van der Waals surface area contributed by atoms with E-state index in [0.717, 1.165) is 10.9 Å². The number of carboxylic acid groups (broad SMARTS) is 1. The minimum Gasteiger partial charge on any atom is -0.487 e. The Morgan fingerprint density at radius 1 is 1.38 bits per heavy atom. The summed E-state index contributed by atoms with van der Waals surface area (Å²) in [4.78, 5) is 15.4. The van der Waals surface area contributed by atoms with Crippen LogP contribution in [0.3, 0.4) is 0 Å². The number of hydrogen-bond donors (Lipinski definition) is 1. The van der Waals surface area contributed by atoms with E-state index in [2.05, 4.69) is 10.1 Å². The third-order valence-corrected chi connectivity index (χ3v) is 3.24. The van der Waals surface area contributed by atoms with Gasteiger partial charge in [0.15, 0.2) is 0 Å². The maximum atomic E-state index is 11.1. The SMILES string of the molecule is Cn1ncc(C(=O)O)c1COc1ccc2cccnc2c1. The van der Waals surface area contributed by atoms with Crippen molar-refractivity contribution in [3.8, 4) is 5.75 Å². The highest BCUT2D eigenvalue weighted by atomic mass is 16.5. The fraction of sp³-hybridized carbons (Fsp3) is 0.133. The van der Waals surface area contributed by atoms with Crippen molar-refractivity contribution in [2.24, 2.45) is 7.05 Å². The molecule has 0 atom stereocenters. The molecule has 0 radical (unpaired) electrons. The number of pyridine rings is 1. The molecule has 106 valence electrons. The van der Waals surface area contributed by atoms with Crippen LogP contribution in [-0.4, -0.2) is 25.8 Å². The van der Waals surface area contributed by atoms with Gasteiger partial charge in [-0.05, 0) is 18.2 Å². The maximum absolute atomic E-state index is 11.1. The molecule has 1 aromatic carbocycles. The molecule has 2 aromatic heterocycles. The molecule has 21 heavy (non-hydrogen) atoms. The largest absolute Gasteiger partial charge is 0.487 e. The van der Waals surface area contributed by atoms with Crippen LogP contribution in [0.25, 0.3) is 10.9 Å². The highest BCUT2D eigenvalue weighted by Gasteiger charge is 2.15. The van der Waals surface area contributed by atoms with Gasteiger partial charge in [0.1, 0.15) is 17.9 Å². The lowest BCUT2D eigenvalue weighted by atomic mass is 10.2. The smallest absolute Gasteiger partial charge is 0.339 e. The highest BCUT2D eigenvalue weighted by Crippen LogP contribution is 2.20. The molecular weight excluding hydrogens is 270 g/mol. The summed E-state index contributed by atoms with van der Waals surface area (Å²) >= 11 is 0. The van der Waals surface area contributed by atoms with Crippen LogP contribution >= 0.6 is 0 Å². The number of rotatable bonds is 4. The van der Waals surface area contributed by atoms with E-state index in [-0.39, 0.29) is 12.2 Å². The number of aromatic nitrogens is 3. The summed E-state index contributed by atoms with van der Waals surface area (Å²) in [5.74, 6) is -0.374. The second-order valence-corrected chi connectivity index (χ2v) is 4.58. The first-order valence-electron chi connectivity index (χ1n) is 6.37. The Bertz CT molecular complexity index is 811. The van der Waals surface area contributed by atoms with Crippen molar-refractivity contribution in [2.45, 2.75) is 6.61 Å². The second kappa shape index (κ2) is 5.24. The summed E-state index contributed by atoms with van der Waals surface area (Å²) in [5, 5.41) is 14.1. The van der Waals surface area contributed by atoms with Gasteiger partial charge in [0.05, 0.1) is 17.4 Å². The highest BCUT2D eigenvalue weighted by molar-refractivity contribution is 5.88. The molecule has 0 aliphatic rings. The Morgan fingerprint density at radius 2 is 2.24 bits per heavy atom. The van der Waals surface area contributed by atoms with E-state index in [9.17, 15) is 4.79 Å². The predicted molar refractivity (Wildman–Crippen MR) is 76.2 cm³/mol. The number of benzene rings is 1. The number of hydrogen-bond acceptors (Lipinski definition) is 4. The molecule has 3 aromatic rings. The van der Waals surface area contributed by atoms with E-state index >= 15 is 0 Å². The topological polar surface area (TPSA) is 77.2 Å². The molecule has 0 aliphatic carbocycles. The zero-order valence-corrected chi connectivity index (χ0v) is 11.4. The lowest BCUT2D eigenvalue weighted by Gasteiger charge is -2.08. The molecular formula is C15H13N3O3. The molecule has 0 saturated heterocycles. The monoisotopic (exact) mass is 283 g/mol. The molecule has 0 spiro atoms. The van der Waals surface area contributed by atoms with Crippen molar-refractivity contribution in [1.82, 2.24) is 14.8 Å². The standard InChI is InChI=1S/C15H13N3O3/c1-18-14(12(8-17-18)15(19)20)9-21-11-5-4-10-3-2-6-16-13(10)7-11/h2-8H,9H2,1H3,(H,19,20). The van der Waals surface area contributed by atoms with E-state index in [1.54, 1.807) is 13.2 Å². The Balaban J connectivity index is 1.83. The lowest BCUT2D eigenvalue weighted by Crippen LogP contribution is -2.08.